The number of hydrogen-bond acceptors (Lipinski definition) is 3. The Balaban J connectivity index is 3.56. The molecule has 5 heteroatoms. The van der Waals surface area contributed by atoms with Gasteiger partial charge in [-0.3, -0.25) is 9.59 Å². The van der Waals surface area contributed by atoms with Crippen LogP contribution in [0.2, 0.25) is 0 Å². The van der Waals surface area contributed by atoms with Crippen molar-refractivity contribution in [3.05, 3.63) is 0 Å². The Morgan fingerprint density at radius 2 is 2.15 bits per heavy atom. The maximum absolute atomic E-state index is 11.0. The number of nitrogens with one attached hydrogen (secondary N) is 1. The monoisotopic (exact) mass is 189 g/mol. The fourth-order valence-electron chi connectivity index (χ4n) is 0.730. The minimum Gasteiger partial charge on any atom is -0.481 e. The molecule has 0 bridgehead atoms. The average Bonchev–Trinajstić information content (AvgIpc) is 2.04. The van der Waals surface area contributed by atoms with E-state index in [-0.39, 0.29) is 12.3 Å². The lowest BCUT2D eigenvalue weighted by Crippen LogP contribution is -2.29. The van der Waals surface area contributed by atoms with Gasteiger partial charge in [-0.1, -0.05) is 6.92 Å². The molecule has 1 unspecified atom stereocenters. The number of carboxylic acids is 1. The molecule has 1 amide bonds. The molecule has 2 N–H and O–H groups in total. The van der Waals surface area contributed by atoms with Gasteiger partial charge in [0, 0.05) is 20.1 Å². The van der Waals surface area contributed by atoms with E-state index in [1.165, 1.54) is 14.0 Å². The number of carbonyl (C=O) groups excluding carboxylic acids is 1. The molecule has 0 radical (unpaired) electrons. The van der Waals surface area contributed by atoms with Crippen molar-refractivity contribution < 1.29 is 19.4 Å². The van der Waals surface area contributed by atoms with Crippen molar-refractivity contribution >= 4 is 11.9 Å². The van der Waals surface area contributed by atoms with Crippen LogP contribution in [0.4, 0.5) is 0 Å². The topological polar surface area (TPSA) is 75.6 Å². The zero-order valence-electron chi connectivity index (χ0n) is 7.87. The lowest BCUT2D eigenvalue weighted by molar-refractivity contribution is -0.143. The summed E-state index contributed by atoms with van der Waals surface area (Å²) < 4.78 is 4.71. The van der Waals surface area contributed by atoms with E-state index in [4.69, 9.17) is 9.84 Å². The highest BCUT2D eigenvalue weighted by molar-refractivity contribution is 5.81. The molecule has 0 aliphatic carbocycles. The van der Waals surface area contributed by atoms with Crippen LogP contribution in [0.25, 0.3) is 0 Å². The molecule has 13 heavy (non-hydrogen) atoms. The van der Waals surface area contributed by atoms with Crippen molar-refractivity contribution in [2.45, 2.75) is 13.3 Å². The zero-order chi connectivity index (χ0) is 10.3. The van der Waals surface area contributed by atoms with E-state index in [0.717, 1.165) is 0 Å². The molecule has 0 aliphatic heterocycles. The van der Waals surface area contributed by atoms with Crippen molar-refractivity contribution in [2.24, 2.45) is 5.92 Å². The Morgan fingerprint density at radius 3 is 2.62 bits per heavy atom. The summed E-state index contributed by atoms with van der Waals surface area (Å²) in [6, 6.07) is 0. The summed E-state index contributed by atoms with van der Waals surface area (Å²) in [5, 5.41) is 11.0. The van der Waals surface area contributed by atoms with E-state index in [1.807, 2.05) is 0 Å². The maximum atomic E-state index is 11.0. The molecule has 0 saturated heterocycles. The van der Waals surface area contributed by atoms with E-state index in [0.29, 0.717) is 13.2 Å². The smallest absolute Gasteiger partial charge is 0.306 e. The number of carboxylic acid groups (broad SMARTS) is 1. The second-order valence-corrected chi connectivity index (χ2v) is 2.79. The highest BCUT2D eigenvalue weighted by Crippen LogP contribution is 2.00. The van der Waals surface area contributed by atoms with Crippen molar-refractivity contribution in [2.75, 3.05) is 20.3 Å². The largest absolute Gasteiger partial charge is 0.481 e. The van der Waals surface area contributed by atoms with Gasteiger partial charge in [0.2, 0.25) is 5.91 Å². The standard InChI is InChI=1S/C8H15NO4/c1-6(8(11)12)5-7(10)9-3-4-13-2/h6H,3-5H2,1-2H3,(H,9,10)(H,11,12). The van der Waals surface area contributed by atoms with Gasteiger partial charge in [0.15, 0.2) is 0 Å². The van der Waals surface area contributed by atoms with Gasteiger partial charge < -0.3 is 15.2 Å². The zero-order valence-corrected chi connectivity index (χ0v) is 7.87. The first-order chi connectivity index (χ1) is 6.07. The average molecular weight is 189 g/mol. The van der Waals surface area contributed by atoms with Crippen molar-refractivity contribution in [1.29, 1.82) is 0 Å². The molecule has 5 nitrogen and oxygen atoms in total. The molecule has 0 spiro atoms. The highest BCUT2D eigenvalue weighted by atomic mass is 16.5. The van der Waals surface area contributed by atoms with Crippen LogP contribution in [0.15, 0.2) is 0 Å². The second kappa shape index (κ2) is 6.42. The third kappa shape index (κ3) is 6.10. The second-order valence-electron chi connectivity index (χ2n) is 2.79. The Hall–Kier alpha value is -1.10. The summed E-state index contributed by atoms with van der Waals surface area (Å²) in [4.78, 5) is 21.4. The number of methoxy groups -OCH3 is 1. The van der Waals surface area contributed by atoms with Gasteiger partial charge in [-0.2, -0.15) is 0 Å². The van der Waals surface area contributed by atoms with Crippen LogP contribution in [0.5, 0.6) is 0 Å². The first kappa shape index (κ1) is 11.9. The molecule has 0 aromatic carbocycles. The van der Waals surface area contributed by atoms with Crippen LogP contribution >= 0.6 is 0 Å². The van der Waals surface area contributed by atoms with Gasteiger partial charge in [-0.15, -0.1) is 0 Å². The van der Waals surface area contributed by atoms with Crippen molar-refractivity contribution in [3.63, 3.8) is 0 Å². The lowest BCUT2D eigenvalue weighted by Gasteiger charge is -2.06. The fourth-order valence-corrected chi connectivity index (χ4v) is 0.730. The molecule has 1 atom stereocenters. The summed E-state index contributed by atoms with van der Waals surface area (Å²) in [6.45, 7) is 2.35. The first-order valence-corrected chi connectivity index (χ1v) is 4.06. The van der Waals surface area contributed by atoms with Crippen LogP contribution in [-0.4, -0.2) is 37.2 Å². The summed E-state index contributed by atoms with van der Waals surface area (Å²) in [5.41, 5.74) is 0. The van der Waals surface area contributed by atoms with Gasteiger partial charge in [-0.05, 0) is 0 Å². The Bertz CT molecular complexity index is 181. The molecule has 0 aliphatic rings. The predicted octanol–water partition coefficient (Wildman–Crippen LogP) is -0.140. The van der Waals surface area contributed by atoms with Gasteiger partial charge in [0.25, 0.3) is 0 Å². The van der Waals surface area contributed by atoms with Gasteiger partial charge >= 0.3 is 5.97 Å². The van der Waals surface area contributed by atoms with Gasteiger partial charge in [-0.25, -0.2) is 0 Å². The maximum Gasteiger partial charge on any atom is 0.306 e. The lowest BCUT2D eigenvalue weighted by atomic mass is 10.1. The normalized spacial score (nSPS) is 12.2. The van der Waals surface area contributed by atoms with E-state index in [1.54, 1.807) is 0 Å². The minimum atomic E-state index is -0.957. The number of aliphatic carboxylic acids is 1. The molecular formula is C8H15NO4. The highest BCUT2D eigenvalue weighted by Gasteiger charge is 2.14. The SMILES string of the molecule is COCCNC(=O)CC(C)C(=O)O. The quantitative estimate of drug-likeness (QED) is 0.570. The third-order valence-corrected chi connectivity index (χ3v) is 1.54. The predicted molar refractivity (Wildman–Crippen MR) is 46.3 cm³/mol. The van der Waals surface area contributed by atoms with Crippen molar-refractivity contribution in [1.82, 2.24) is 5.32 Å². The first-order valence-electron chi connectivity index (χ1n) is 4.06. The number of carbonyl (C=O) groups is 2. The summed E-state index contributed by atoms with van der Waals surface area (Å²) in [6.07, 6.45) is 0.0129. The van der Waals surface area contributed by atoms with E-state index >= 15 is 0 Å². The molecular weight excluding hydrogens is 174 g/mol. The fraction of sp³-hybridized carbons (Fsp3) is 0.750. The van der Waals surface area contributed by atoms with E-state index in [9.17, 15) is 9.59 Å². The van der Waals surface area contributed by atoms with Crippen LogP contribution in [0.3, 0.4) is 0 Å². The molecule has 76 valence electrons. The Kier molecular flexibility index (Phi) is 5.88. The molecule has 0 aromatic rings. The van der Waals surface area contributed by atoms with Crippen LogP contribution in [0.1, 0.15) is 13.3 Å². The number of hydrogen-bond donors (Lipinski definition) is 2. The summed E-state index contributed by atoms with van der Waals surface area (Å²) >= 11 is 0. The van der Waals surface area contributed by atoms with Gasteiger partial charge in [0.05, 0.1) is 12.5 Å². The molecule has 0 aromatic heterocycles. The van der Waals surface area contributed by atoms with Crippen molar-refractivity contribution in [3.8, 4) is 0 Å². The Labute approximate surface area is 77.1 Å². The van der Waals surface area contributed by atoms with Crippen LogP contribution in [-0.2, 0) is 14.3 Å². The summed E-state index contributed by atoms with van der Waals surface area (Å²) in [5.74, 6) is -1.85. The minimum absolute atomic E-state index is 0.0129. The van der Waals surface area contributed by atoms with E-state index in [2.05, 4.69) is 5.32 Å². The van der Waals surface area contributed by atoms with Crippen LogP contribution in [0, 0.1) is 5.92 Å². The number of rotatable bonds is 6. The Morgan fingerprint density at radius 1 is 1.54 bits per heavy atom. The summed E-state index contributed by atoms with van der Waals surface area (Å²) in [7, 11) is 1.53. The van der Waals surface area contributed by atoms with Gasteiger partial charge in [0.1, 0.15) is 0 Å². The van der Waals surface area contributed by atoms with Crippen LogP contribution < -0.4 is 5.32 Å². The molecule has 0 saturated carbocycles. The number of amides is 1. The molecule has 0 rings (SSSR count). The molecule has 0 heterocycles. The molecule has 0 fully saturated rings. The number of ether oxygens (including phenoxy) is 1. The van der Waals surface area contributed by atoms with E-state index < -0.39 is 11.9 Å². The third-order valence-electron chi connectivity index (χ3n) is 1.54.